The fourth-order valence-electron chi connectivity index (χ4n) is 3.99. The molecular weight excluding hydrogens is 667 g/mol. The molecule has 0 atom stereocenters. The number of hydrogen-bond donors (Lipinski definition) is 1. The van der Waals surface area contributed by atoms with Gasteiger partial charge in [-0.05, 0) is 53.6 Å². The minimum atomic E-state index is -0.125. The van der Waals surface area contributed by atoms with Gasteiger partial charge in [-0.15, -0.1) is 46.7 Å². The Bertz CT molecular complexity index is 1530. The van der Waals surface area contributed by atoms with E-state index in [1.165, 1.54) is 57.1 Å². The second-order valence-electron chi connectivity index (χ2n) is 9.25. The van der Waals surface area contributed by atoms with Crippen molar-refractivity contribution < 1.29 is 30.0 Å². The van der Waals surface area contributed by atoms with Crippen molar-refractivity contribution in [2.75, 3.05) is 0 Å². The maximum atomic E-state index is 10.0. The molecule has 3 aromatic carbocycles. The molecule has 0 bridgehead atoms. The zero-order chi connectivity index (χ0) is 26.4. The molecule has 0 amide bonds. The Hall–Kier alpha value is -3.37. The molecule has 5 rings (SSSR count). The number of aliphatic hydroxyl groups is 1. The van der Waals surface area contributed by atoms with E-state index >= 15 is 0 Å². The van der Waals surface area contributed by atoms with Crippen LogP contribution in [0.3, 0.4) is 0 Å². The second kappa shape index (κ2) is 13.4. The monoisotopic (exact) mass is 697 g/mol. The van der Waals surface area contributed by atoms with Crippen molar-refractivity contribution in [3.63, 3.8) is 0 Å². The van der Waals surface area contributed by atoms with Gasteiger partial charge in [-0.1, -0.05) is 74.5 Å². The number of pyridine rings is 1. The van der Waals surface area contributed by atoms with Gasteiger partial charge < -0.3 is 10.1 Å². The van der Waals surface area contributed by atoms with Gasteiger partial charge in [-0.25, -0.2) is 0 Å². The van der Waals surface area contributed by atoms with E-state index in [0.717, 1.165) is 11.3 Å². The van der Waals surface area contributed by atoms with Gasteiger partial charge in [-0.2, -0.15) is 0 Å². The van der Waals surface area contributed by atoms with Gasteiger partial charge in [0.2, 0.25) is 0 Å². The van der Waals surface area contributed by atoms with Crippen molar-refractivity contribution in [3.05, 3.63) is 115 Å². The number of carbonyl (C=O) groups excluding carboxylic acids is 1. The molecule has 1 N–H and O–H groups in total. The van der Waals surface area contributed by atoms with Crippen molar-refractivity contribution >= 4 is 27.2 Å². The van der Waals surface area contributed by atoms with Crippen LogP contribution in [-0.4, -0.2) is 15.9 Å². The molecule has 5 aromatic rings. The van der Waals surface area contributed by atoms with Crippen LogP contribution in [0.4, 0.5) is 0 Å². The zero-order valence-corrected chi connectivity index (χ0v) is 25.1. The first-order valence-corrected chi connectivity index (χ1v) is 13.1. The molecule has 1 radical (unpaired) electrons. The largest absolute Gasteiger partial charge is 0.512 e. The number of nitrogens with zero attached hydrogens (tertiary/aromatic N) is 1. The number of benzene rings is 3. The third-order valence-corrected chi connectivity index (χ3v) is 7.00. The van der Waals surface area contributed by atoms with Crippen LogP contribution in [0, 0.1) is 6.07 Å². The molecule has 0 aliphatic heterocycles. The summed E-state index contributed by atoms with van der Waals surface area (Å²) < 4.78 is 1.21. The standard InChI is InChI=1S/C28H22NS.C5H8O2.Ir/c1-19(2)20-11-13-22(14-12-20)27-17-25-16-26(29-18-28(25)30-27)24-10-6-9-23(15-24)21-7-4-3-5-8-21;1-4(6)3-5(2)7;/h3-9,11-19H,1-2H3;3,6H,1-2H3;/q-1;;/b;4-3-;. The predicted molar refractivity (Wildman–Crippen MR) is 156 cm³/mol. The summed E-state index contributed by atoms with van der Waals surface area (Å²) in [4.78, 5) is 16.0. The molecule has 0 aliphatic carbocycles. The Morgan fingerprint density at radius 1 is 0.921 bits per heavy atom. The van der Waals surface area contributed by atoms with Crippen molar-refractivity contribution in [2.24, 2.45) is 0 Å². The Labute approximate surface area is 242 Å². The summed E-state index contributed by atoms with van der Waals surface area (Å²) in [5.74, 6) is 0.489. The molecule has 2 heterocycles. The van der Waals surface area contributed by atoms with Gasteiger partial charge in [0.05, 0.1) is 10.5 Å². The maximum absolute atomic E-state index is 10.0. The summed E-state index contributed by atoms with van der Waals surface area (Å²) >= 11 is 1.80. The van der Waals surface area contributed by atoms with Gasteiger partial charge in [0.1, 0.15) is 0 Å². The predicted octanol–water partition coefficient (Wildman–Crippen LogP) is 9.26. The number of thiophene rings is 1. The number of fused-ring (bicyclic) bond motifs is 1. The molecule has 0 aliphatic rings. The minimum Gasteiger partial charge on any atom is -0.512 e. The summed E-state index contributed by atoms with van der Waals surface area (Å²) in [6.45, 7) is 7.30. The third-order valence-electron chi connectivity index (χ3n) is 5.86. The third kappa shape index (κ3) is 7.58. The van der Waals surface area contributed by atoms with E-state index in [-0.39, 0.29) is 31.6 Å². The molecule has 195 valence electrons. The number of hydrogen-bond acceptors (Lipinski definition) is 4. The zero-order valence-electron chi connectivity index (χ0n) is 21.9. The van der Waals surface area contributed by atoms with E-state index < -0.39 is 0 Å². The molecule has 0 fully saturated rings. The van der Waals surface area contributed by atoms with Gasteiger partial charge in [0, 0.05) is 37.3 Å². The summed E-state index contributed by atoms with van der Waals surface area (Å²) in [5.41, 5.74) is 7.00. The van der Waals surface area contributed by atoms with Crippen LogP contribution in [0.1, 0.15) is 39.2 Å². The Balaban J connectivity index is 0.000000444. The topological polar surface area (TPSA) is 50.2 Å². The molecule has 3 nitrogen and oxygen atoms in total. The maximum Gasteiger partial charge on any atom is 0.155 e. The van der Waals surface area contributed by atoms with Gasteiger partial charge >= 0.3 is 0 Å². The number of allylic oxidation sites excluding steroid dienone is 2. The molecule has 5 heteroatoms. The Morgan fingerprint density at radius 3 is 2.24 bits per heavy atom. The number of aliphatic hydroxyl groups excluding tert-OH is 1. The number of carbonyl (C=O) groups is 1. The average Bonchev–Trinajstić information content (AvgIpc) is 3.32. The van der Waals surface area contributed by atoms with E-state index in [9.17, 15) is 4.79 Å². The van der Waals surface area contributed by atoms with Gasteiger partial charge in [0.15, 0.2) is 5.78 Å². The summed E-state index contributed by atoms with van der Waals surface area (Å²) in [6.07, 6.45) is 3.16. The van der Waals surface area contributed by atoms with Crippen LogP contribution < -0.4 is 0 Å². The first-order chi connectivity index (χ1) is 17.8. The van der Waals surface area contributed by atoms with Gasteiger partial charge in [0.25, 0.3) is 0 Å². The van der Waals surface area contributed by atoms with E-state index in [1.54, 1.807) is 11.3 Å². The van der Waals surface area contributed by atoms with Crippen LogP contribution >= 0.6 is 11.3 Å². The number of aromatic nitrogens is 1. The summed E-state index contributed by atoms with van der Waals surface area (Å²) in [6, 6.07) is 33.4. The van der Waals surface area contributed by atoms with Crippen LogP contribution in [0.25, 0.3) is 42.9 Å². The first kappa shape index (κ1) is 29.2. The van der Waals surface area contributed by atoms with Crippen LogP contribution in [0.2, 0.25) is 0 Å². The molecule has 2 aromatic heterocycles. The van der Waals surface area contributed by atoms with Gasteiger partial charge in [-0.3, -0.25) is 4.79 Å². The summed E-state index contributed by atoms with van der Waals surface area (Å²) in [5, 5.41) is 9.59. The normalized spacial score (nSPS) is 11.0. The Kier molecular flexibility index (Phi) is 10.3. The van der Waals surface area contributed by atoms with Crippen LogP contribution in [0.5, 0.6) is 0 Å². The molecule has 0 saturated heterocycles. The van der Waals surface area contributed by atoms with Crippen molar-refractivity contribution in [1.29, 1.82) is 0 Å². The van der Waals surface area contributed by atoms with Crippen LogP contribution in [0.15, 0.2) is 103 Å². The smallest absolute Gasteiger partial charge is 0.155 e. The van der Waals surface area contributed by atoms with E-state index in [1.807, 2.05) is 18.3 Å². The van der Waals surface area contributed by atoms with Crippen molar-refractivity contribution in [1.82, 2.24) is 4.98 Å². The number of ketones is 1. The van der Waals surface area contributed by atoms with E-state index in [0.29, 0.717) is 5.92 Å². The fraction of sp³-hybridized carbons (Fsp3) is 0.152. The average molecular weight is 697 g/mol. The molecule has 0 unspecified atom stereocenters. The molecular formula is C33H30IrNO2S-. The molecule has 0 spiro atoms. The molecule has 0 saturated carbocycles. The first-order valence-electron chi connectivity index (χ1n) is 12.3. The fourth-order valence-corrected chi connectivity index (χ4v) is 5.00. The van der Waals surface area contributed by atoms with E-state index in [2.05, 4.69) is 92.7 Å². The van der Waals surface area contributed by atoms with Crippen molar-refractivity contribution in [2.45, 2.75) is 33.6 Å². The quantitative estimate of drug-likeness (QED) is 0.113. The Morgan fingerprint density at radius 2 is 1.63 bits per heavy atom. The van der Waals surface area contributed by atoms with Crippen molar-refractivity contribution in [3.8, 4) is 32.8 Å². The molecule has 38 heavy (non-hydrogen) atoms. The van der Waals surface area contributed by atoms with E-state index in [4.69, 9.17) is 10.1 Å². The second-order valence-corrected chi connectivity index (χ2v) is 10.3. The minimum absolute atomic E-state index is 0. The van der Waals surface area contributed by atoms with Crippen LogP contribution in [-0.2, 0) is 24.9 Å². The summed E-state index contributed by atoms with van der Waals surface area (Å²) in [7, 11) is 0. The SMILES string of the molecule is CC(=O)/C=C(/C)O.CC(C)c1ccc(-c2cc3cc(-c4[c-]ccc(-c5ccccc5)c4)ncc3s2)cc1.[Ir]. The number of rotatable bonds is 5.